The molecule has 5 nitrogen and oxygen atoms in total. The summed E-state index contributed by atoms with van der Waals surface area (Å²) in [5.74, 6) is 1.34. The van der Waals surface area contributed by atoms with E-state index in [9.17, 15) is 8.42 Å². The molecule has 1 aliphatic heterocycles. The van der Waals surface area contributed by atoms with E-state index in [4.69, 9.17) is 5.73 Å². The van der Waals surface area contributed by atoms with Gasteiger partial charge in [0.2, 0.25) is 0 Å². The van der Waals surface area contributed by atoms with E-state index in [1.54, 1.807) is 13.0 Å². The number of likely N-dealkylation sites (tertiary alicyclic amines) is 1. The van der Waals surface area contributed by atoms with E-state index in [1.807, 2.05) is 6.07 Å². The lowest BCUT2D eigenvalue weighted by atomic mass is 10.0. The van der Waals surface area contributed by atoms with Gasteiger partial charge in [0.05, 0.1) is 12.3 Å². The Morgan fingerprint density at radius 1 is 1.52 bits per heavy atom. The lowest BCUT2D eigenvalue weighted by molar-refractivity contribution is 0.270. The molecule has 7 heteroatoms. The smallest absolute Gasteiger partial charge is 0.191 e. The summed E-state index contributed by atoms with van der Waals surface area (Å²) in [5.41, 5.74) is 6.04. The number of nitrogens with two attached hydrogens (primary N) is 1. The highest BCUT2D eigenvalue weighted by Gasteiger charge is 2.18. The second-order valence-electron chi connectivity index (χ2n) is 5.49. The van der Waals surface area contributed by atoms with Crippen molar-refractivity contribution >= 4 is 27.1 Å². The van der Waals surface area contributed by atoms with Crippen LogP contribution in [0.4, 0.5) is 0 Å². The van der Waals surface area contributed by atoms with Gasteiger partial charge in [-0.05, 0) is 30.9 Å². The van der Waals surface area contributed by atoms with Crippen LogP contribution in [0.25, 0.3) is 0 Å². The van der Waals surface area contributed by atoms with Gasteiger partial charge in [0.15, 0.2) is 15.8 Å². The van der Waals surface area contributed by atoms with Crippen LogP contribution < -0.4 is 5.73 Å². The molecule has 0 bridgehead atoms. The first-order valence-corrected chi connectivity index (χ1v) is 9.75. The quantitative estimate of drug-likeness (QED) is 0.678. The SMILES string of the molecule is CCS(=O)(=O)c1ccc(CN=C(N)N2CCCC(C)C2)s1. The van der Waals surface area contributed by atoms with Crippen LogP contribution in [-0.2, 0) is 16.4 Å². The minimum Gasteiger partial charge on any atom is -0.370 e. The van der Waals surface area contributed by atoms with Crippen molar-refractivity contribution in [2.45, 2.75) is 37.4 Å². The molecule has 0 amide bonds. The monoisotopic (exact) mass is 329 g/mol. The summed E-state index contributed by atoms with van der Waals surface area (Å²) in [7, 11) is -3.12. The van der Waals surface area contributed by atoms with Gasteiger partial charge in [-0.15, -0.1) is 11.3 Å². The van der Waals surface area contributed by atoms with E-state index in [0.717, 1.165) is 24.4 Å². The first kappa shape index (κ1) is 16.3. The predicted octanol–water partition coefficient (Wildman–Crippen LogP) is 2.09. The van der Waals surface area contributed by atoms with Crippen molar-refractivity contribution in [3.63, 3.8) is 0 Å². The minimum absolute atomic E-state index is 0.129. The number of rotatable bonds is 4. The molecule has 1 fully saturated rings. The first-order valence-electron chi connectivity index (χ1n) is 7.28. The highest BCUT2D eigenvalue weighted by molar-refractivity contribution is 7.93. The zero-order chi connectivity index (χ0) is 15.5. The molecule has 1 saturated heterocycles. The standard InChI is InChI=1S/C14H23N3O2S2/c1-3-21(18,19)13-7-6-12(20-13)9-16-14(15)17-8-4-5-11(2)10-17/h6-7,11H,3-5,8-10H2,1-2H3,(H2,15,16). The summed E-state index contributed by atoms with van der Waals surface area (Å²) in [4.78, 5) is 7.45. The van der Waals surface area contributed by atoms with Crippen molar-refractivity contribution in [3.8, 4) is 0 Å². The van der Waals surface area contributed by atoms with Crippen molar-refractivity contribution in [3.05, 3.63) is 17.0 Å². The van der Waals surface area contributed by atoms with E-state index in [0.29, 0.717) is 22.6 Å². The molecule has 1 aromatic rings. The highest BCUT2D eigenvalue weighted by atomic mass is 32.2. The lowest BCUT2D eigenvalue weighted by Crippen LogP contribution is -2.43. The Kier molecular flexibility index (Phi) is 5.27. The first-order chi connectivity index (χ1) is 9.92. The number of nitrogens with zero attached hydrogens (tertiary/aromatic N) is 2. The third kappa shape index (κ3) is 4.20. The van der Waals surface area contributed by atoms with Crippen molar-refractivity contribution in [1.29, 1.82) is 0 Å². The zero-order valence-electron chi connectivity index (χ0n) is 12.6. The van der Waals surface area contributed by atoms with Crippen molar-refractivity contribution in [2.75, 3.05) is 18.8 Å². The fourth-order valence-corrected chi connectivity index (χ4v) is 4.81. The normalized spacial score (nSPS) is 20.8. The average molecular weight is 329 g/mol. The molecule has 1 atom stereocenters. The largest absolute Gasteiger partial charge is 0.370 e. The second-order valence-corrected chi connectivity index (χ2v) is 9.17. The fourth-order valence-electron chi connectivity index (χ4n) is 2.41. The maximum Gasteiger partial charge on any atom is 0.191 e. The minimum atomic E-state index is -3.12. The molecular weight excluding hydrogens is 306 g/mol. The van der Waals surface area contributed by atoms with Gasteiger partial charge in [-0.1, -0.05) is 13.8 Å². The summed E-state index contributed by atoms with van der Waals surface area (Å²) in [5, 5.41) is 0. The Balaban J connectivity index is 2.00. The molecule has 118 valence electrons. The van der Waals surface area contributed by atoms with Crippen molar-refractivity contribution < 1.29 is 8.42 Å². The number of aliphatic imine (C=N–C) groups is 1. The third-order valence-electron chi connectivity index (χ3n) is 3.70. The van der Waals surface area contributed by atoms with E-state index < -0.39 is 9.84 Å². The van der Waals surface area contributed by atoms with E-state index in [1.165, 1.54) is 17.8 Å². The van der Waals surface area contributed by atoms with Crippen LogP contribution in [0.2, 0.25) is 0 Å². The van der Waals surface area contributed by atoms with Gasteiger partial charge < -0.3 is 10.6 Å². The summed E-state index contributed by atoms with van der Waals surface area (Å²) >= 11 is 1.28. The molecule has 1 unspecified atom stereocenters. The van der Waals surface area contributed by atoms with E-state index >= 15 is 0 Å². The molecule has 0 aromatic carbocycles. The van der Waals surface area contributed by atoms with Gasteiger partial charge >= 0.3 is 0 Å². The Bertz CT molecular complexity index is 607. The van der Waals surface area contributed by atoms with Crippen LogP contribution in [0, 0.1) is 5.92 Å². The van der Waals surface area contributed by atoms with E-state index in [2.05, 4.69) is 16.8 Å². The van der Waals surface area contributed by atoms with Crippen LogP contribution in [0.1, 0.15) is 31.6 Å². The fraction of sp³-hybridized carbons (Fsp3) is 0.643. The maximum absolute atomic E-state index is 11.8. The molecule has 0 spiro atoms. The number of hydrogen-bond acceptors (Lipinski definition) is 4. The summed E-state index contributed by atoms with van der Waals surface area (Å²) in [6.45, 7) is 6.23. The number of piperidine rings is 1. The predicted molar refractivity (Wildman–Crippen MR) is 87.3 cm³/mol. The van der Waals surface area contributed by atoms with Gasteiger partial charge in [0.1, 0.15) is 4.21 Å². The van der Waals surface area contributed by atoms with Gasteiger partial charge in [0, 0.05) is 18.0 Å². The third-order valence-corrected chi connectivity index (χ3v) is 7.09. The van der Waals surface area contributed by atoms with Crippen LogP contribution in [-0.4, -0.2) is 38.1 Å². The second kappa shape index (κ2) is 6.79. The molecule has 2 heterocycles. The Labute approximate surface area is 130 Å². The summed E-state index contributed by atoms with van der Waals surface area (Å²) in [6.07, 6.45) is 2.39. The summed E-state index contributed by atoms with van der Waals surface area (Å²) in [6, 6.07) is 3.48. The van der Waals surface area contributed by atoms with Crippen LogP contribution in [0.3, 0.4) is 0 Å². The van der Waals surface area contributed by atoms with Crippen LogP contribution >= 0.6 is 11.3 Å². The average Bonchev–Trinajstić information content (AvgIpc) is 2.94. The van der Waals surface area contributed by atoms with Crippen LogP contribution in [0.5, 0.6) is 0 Å². The molecule has 0 radical (unpaired) electrons. The van der Waals surface area contributed by atoms with Gasteiger partial charge in [-0.25, -0.2) is 13.4 Å². The van der Waals surface area contributed by atoms with Gasteiger partial charge in [-0.3, -0.25) is 0 Å². The topological polar surface area (TPSA) is 75.8 Å². The molecule has 2 N–H and O–H groups in total. The number of hydrogen-bond donors (Lipinski definition) is 1. The number of guanidine groups is 1. The number of sulfone groups is 1. The van der Waals surface area contributed by atoms with Gasteiger partial charge in [0.25, 0.3) is 0 Å². The molecular formula is C14H23N3O2S2. The Morgan fingerprint density at radius 3 is 2.95 bits per heavy atom. The molecule has 0 aliphatic carbocycles. The number of thiophene rings is 1. The van der Waals surface area contributed by atoms with Gasteiger partial charge in [-0.2, -0.15) is 0 Å². The lowest BCUT2D eigenvalue weighted by Gasteiger charge is -2.31. The highest BCUT2D eigenvalue weighted by Crippen LogP contribution is 2.23. The molecule has 1 aliphatic rings. The molecule has 1 aromatic heterocycles. The van der Waals surface area contributed by atoms with E-state index in [-0.39, 0.29) is 5.75 Å². The van der Waals surface area contributed by atoms with Crippen LogP contribution in [0.15, 0.2) is 21.3 Å². The molecule has 2 rings (SSSR count). The molecule has 0 saturated carbocycles. The van der Waals surface area contributed by atoms with Crippen molar-refractivity contribution in [2.24, 2.45) is 16.6 Å². The summed E-state index contributed by atoms with van der Waals surface area (Å²) < 4.78 is 24.0. The zero-order valence-corrected chi connectivity index (χ0v) is 14.2. The Morgan fingerprint density at radius 2 is 2.29 bits per heavy atom. The van der Waals surface area contributed by atoms with Crippen molar-refractivity contribution in [1.82, 2.24) is 4.90 Å². The Hall–Kier alpha value is -1.08. The molecule has 21 heavy (non-hydrogen) atoms. The maximum atomic E-state index is 11.8.